The number of carbonyl (C=O) groups excluding carboxylic acids is 1. The lowest BCUT2D eigenvalue weighted by Crippen LogP contribution is -2.43. The molecule has 0 aromatic heterocycles. The normalized spacial score (nSPS) is 12.5. The summed E-state index contributed by atoms with van der Waals surface area (Å²) < 4.78 is 0. The minimum atomic E-state index is -0.376. The monoisotopic (exact) mass is 264 g/mol. The predicted molar refractivity (Wildman–Crippen MR) is 76.4 cm³/mol. The molecule has 1 amide bonds. The van der Waals surface area contributed by atoms with Gasteiger partial charge in [0.05, 0.1) is 6.04 Å². The molecule has 0 saturated heterocycles. The fourth-order valence-electron chi connectivity index (χ4n) is 1.45. The second-order valence-corrected chi connectivity index (χ2v) is 5.48. The van der Waals surface area contributed by atoms with Gasteiger partial charge in [-0.2, -0.15) is 0 Å². The average Bonchev–Trinajstić information content (AvgIpc) is 2.16. The highest BCUT2D eigenvalue weighted by Crippen LogP contribution is 2.07. The number of rotatable bonds is 7. The van der Waals surface area contributed by atoms with Crippen molar-refractivity contribution in [3.63, 3.8) is 0 Å². The molecule has 0 rings (SSSR count). The first-order valence-corrected chi connectivity index (χ1v) is 6.39. The molecule has 4 heteroatoms. The molecule has 0 bridgehead atoms. The number of nitrogens with zero attached hydrogens (tertiary/aromatic N) is 1. The summed E-state index contributed by atoms with van der Waals surface area (Å²) in [7, 11) is 0. The van der Waals surface area contributed by atoms with Crippen LogP contribution in [0.4, 0.5) is 0 Å². The van der Waals surface area contributed by atoms with Gasteiger partial charge in [0.25, 0.3) is 0 Å². The van der Waals surface area contributed by atoms with Gasteiger partial charge in [0.1, 0.15) is 0 Å². The van der Waals surface area contributed by atoms with E-state index >= 15 is 0 Å². The van der Waals surface area contributed by atoms with Gasteiger partial charge in [-0.3, -0.25) is 4.79 Å². The zero-order chi connectivity index (χ0) is 12.7. The van der Waals surface area contributed by atoms with Crippen molar-refractivity contribution >= 4 is 18.3 Å². The molecule has 3 nitrogen and oxygen atoms in total. The molecule has 0 spiro atoms. The zero-order valence-corrected chi connectivity index (χ0v) is 12.7. The standard InChI is InChI=1S/C13H28N2O.ClH/c1-10(2)6-8-15(9-7-11(3)4)13(16)12(5)14;/h10-12H,6-9,14H2,1-5H3;1H. The van der Waals surface area contributed by atoms with Crippen LogP contribution in [0.25, 0.3) is 0 Å². The smallest absolute Gasteiger partial charge is 0.239 e. The summed E-state index contributed by atoms with van der Waals surface area (Å²) in [6.07, 6.45) is 2.10. The maximum atomic E-state index is 11.9. The summed E-state index contributed by atoms with van der Waals surface area (Å²) in [5.74, 6) is 1.34. The highest BCUT2D eigenvalue weighted by Gasteiger charge is 2.17. The molecule has 1 unspecified atom stereocenters. The van der Waals surface area contributed by atoms with Gasteiger partial charge in [0, 0.05) is 13.1 Å². The molecule has 0 heterocycles. The van der Waals surface area contributed by atoms with E-state index in [1.165, 1.54) is 0 Å². The molecule has 0 aliphatic carbocycles. The number of nitrogens with two attached hydrogens (primary N) is 1. The molecule has 0 aromatic rings. The Balaban J connectivity index is 0. The van der Waals surface area contributed by atoms with Gasteiger partial charge >= 0.3 is 0 Å². The van der Waals surface area contributed by atoms with Crippen LogP contribution in [0.1, 0.15) is 47.5 Å². The topological polar surface area (TPSA) is 46.3 Å². The van der Waals surface area contributed by atoms with E-state index in [-0.39, 0.29) is 24.4 Å². The lowest BCUT2D eigenvalue weighted by atomic mass is 10.1. The maximum Gasteiger partial charge on any atom is 0.239 e. The quantitative estimate of drug-likeness (QED) is 0.769. The van der Waals surface area contributed by atoms with Crippen LogP contribution < -0.4 is 5.73 Å². The fourth-order valence-corrected chi connectivity index (χ4v) is 1.45. The van der Waals surface area contributed by atoms with Crippen LogP contribution in [0.5, 0.6) is 0 Å². The molecule has 0 aromatic carbocycles. The zero-order valence-electron chi connectivity index (χ0n) is 11.9. The summed E-state index contributed by atoms with van der Waals surface area (Å²) in [5.41, 5.74) is 5.66. The molecule has 17 heavy (non-hydrogen) atoms. The Labute approximate surface area is 113 Å². The summed E-state index contributed by atoms with van der Waals surface area (Å²) >= 11 is 0. The lowest BCUT2D eigenvalue weighted by Gasteiger charge is -2.26. The third-order valence-corrected chi connectivity index (χ3v) is 2.65. The maximum absolute atomic E-state index is 11.9. The van der Waals surface area contributed by atoms with Gasteiger partial charge in [-0.25, -0.2) is 0 Å². The number of halogens is 1. The molecule has 0 fully saturated rings. The number of carbonyl (C=O) groups is 1. The Morgan fingerprint density at radius 3 is 1.59 bits per heavy atom. The van der Waals surface area contributed by atoms with Gasteiger partial charge in [0.2, 0.25) is 5.91 Å². The van der Waals surface area contributed by atoms with Crippen molar-refractivity contribution in [2.45, 2.75) is 53.5 Å². The Kier molecular flexibility index (Phi) is 10.9. The Hall–Kier alpha value is -0.280. The molecule has 1 atom stereocenters. The van der Waals surface area contributed by atoms with Crippen molar-refractivity contribution in [2.24, 2.45) is 17.6 Å². The van der Waals surface area contributed by atoms with Gasteiger partial charge in [-0.1, -0.05) is 27.7 Å². The molecule has 104 valence electrons. The molecule has 0 saturated carbocycles. The minimum absolute atomic E-state index is 0. The highest BCUT2D eigenvalue weighted by molar-refractivity contribution is 5.85. The first-order chi connectivity index (χ1) is 7.34. The molecular weight excluding hydrogens is 236 g/mol. The van der Waals surface area contributed by atoms with Crippen molar-refractivity contribution < 1.29 is 4.79 Å². The van der Waals surface area contributed by atoms with Crippen LogP contribution in [0, 0.1) is 11.8 Å². The summed E-state index contributed by atoms with van der Waals surface area (Å²) in [4.78, 5) is 13.8. The number of hydrogen-bond donors (Lipinski definition) is 1. The molecule has 2 N–H and O–H groups in total. The van der Waals surface area contributed by atoms with Crippen molar-refractivity contribution in [1.29, 1.82) is 0 Å². The highest BCUT2D eigenvalue weighted by atomic mass is 35.5. The third-order valence-electron chi connectivity index (χ3n) is 2.65. The Morgan fingerprint density at radius 1 is 1.00 bits per heavy atom. The first kappa shape index (κ1) is 19.1. The summed E-state index contributed by atoms with van der Waals surface area (Å²) in [5, 5.41) is 0. The second kappa shape index (κ2) is 9.72. The van der Waals surface area contributed by atoms with E-state index in [2.05, 4.69) is 27.7 Å². The SMILES string of the molecule is CC(C)CCN(CCC(C)C)C(=O)C(C)N.Cl. The van der Waals surface area contributed by atoms with Gasteiger partial charge in [0.15, 0.2) is 0 Å². The van der Waals surface area contributed by atoms with Crippen LogP contribution in [0.3, 0.4) is 0 Å². The Morgan fingerprint density at radius 2 is 1.35 bits per heavy atom. The average molecular weight is 265 g/mol. The number of amides is 1. The molecular formula is C13H29ClN2O. The predicted octanol–water partition coefficient (Wildman–Crippen LogP) is 2.68. The second-order valence-electron chi connectivity index (χ2n) is 5.48. The van der Waals surface area contributed by atoms with Crippen molar-refractivity contribution in [2.75, 3.05) is 13.1 Å². The van der Waals surface area contributed by atoms with Crippen LogP contribution >= 0.6 is 12.4 Å². The van der Waals surface area contributed by atoms with E-state index in [1.54, 1.807) is 6.92 Å². The molecule has 0 aliphatic heterocycles. The van der Waals surface area contributed by atoms with E-state index in [1.807, 2.05) is 4.90 Å². The van der Waals surface area contributed by atoms with Gasteiger partial charge in [-0.05, 0) is 31.6 Å². The van der Waals surface area contributed by atoms with E-state index in [0.717, 1.165) is 25.9 Å². The van der Waals surface area contributed by atoms with Gasteiger partial charge in [-0.15, -0.1) is 12.4 Å². The van der Waals surface area contributed by atoms with Crippen molar-refractivity contribution in [1.82, 2.24) is 4.90 Å². The Bertz CT molecular complexity index is 194. The summed E-state index contributed by atoms with van der Waals surface area (Å²) in [6, 6.07) is -0.376. The molecule has 0 radical (unpaired) electrons. The van der Waals surface area contributed by atoms with E-state index in [9.17, 15) is 4.79 Å². The van der Waals surface area contributed by atoms with Crippen molar-refractivity contribution in [3.8, 4) is 0 Å². The largest absolute Gasteiger partial charge is 0.341 e. The van der Waals surface area contributed by atoms with Gasteiger partial charge < -0.3 is 10.6 Å². The van der Waals surface area contributed by atoms with Crippen LogP contribution in [0.2, 0.25) is 0 Å². The summed E-state index contributed by atoms with van der Waals surface area (Å²) in [6.45, 7) is 12.2. The van der Waals surface area contributed by atoms with Crippen LogP contribution in [-0.4, -0.2) is 29.9 Å². The van der Waals surface area contributed by atoms with Crippen molar-refractivity contribution in [3.05, 3.63) is 0 Å². The van der Waals surface area contributed by atoms with E-state index in [4.69, 9.17) is 5.73 Å². The first-order valence-electron chi connectivity index (χ1n) is 6.39. The van der Waals surface area contributed by atoms with E-state index in [0.29, 0.717) is 11.8 Å². The lowest BCUT2D eigenvalue weighted by molar-refractivity contribution is -0.132. The minimum Gasteiger partial charge on any atom is -0.341 e. The fraction of sp³-hybridized carbons (Fsp3) is 0.923. The van der Waals surface area contributed by atoms with E-state index < -0.39 is 0 Å². The molecule has 0 aliphatic rings. The van der Waals surface area contributed by atoms with Crippen LogP contribution in [0.15, 0.2) is 0 Å². The van der Waals surface area contributed by atoms with Crippen LogP contribution in [-0.2, 0) is 4.79 Å². The third kappa shape index (κ3) is 9.42. The number of hydrogen-bond acceptors (Lipinski definition) is 2.